The Morgan fingerprint density at radius 2 is 1.20 bits per heavy atom. The molecular weight excluding hydrogens is 411 g/mol. The van der Waals surface area contributed by atoms with Gasteiger partial charge in [-0.25, -0.2) is 4.67 Å². The molecule has 30 heavy (non-hydrogen) atoms. The quantitative estimate of drug-likeness (QED) is 0.398. The van der Waals surface area contributed by atoms with Crippen LogP contribution in [0.2, 0.25) is 0 Å². The molecule has 0 amide bonds. The molecule has 1 N–H and O–H groups in total. The lowest BCUT2D eigenvalue weighted by Crippen LogP contribution is -2.43. The minimum Gasteiger partial charge on any atom is -0.424 e. The Morgan fingerprint density at radius 3 is 1.73 bits per heavy atom. The average molecular weight is 432 g/mol. The number of rotatable bonds is 1. The van der Waals surface area contributed by atoms with Gasteiger partial charge in [0.2, 0.25) is 0 Å². The van der Waals surface area contributed by atoms with Crippen LogP contribution in [-0.4, -0.2) is 30.8 Å². The van der Waals surface area contributed by atoms with Crippen molar-refractivity contribution in [1.82, 2.24) is 9.99 Å². The summed E-state index contributed by atoms with van der Waals surface area (Å²) in [5.74, 6) is 1.62. The highest BCUT2D eigenvalue weighted by Crippen LogP contribution is 2.60. The van der Waals surface area contributed by atoms with Crippen molar-refractivity contribution in [2.75, 3.05) is 26.2 Å². The van der Waals surface area contributed by atoms with E-state index in [1.165, 1.54) is 10.8 Å². The van der Waals surface area contributed by atoms with Crippen molar-refractivity contribution in [1.29, 1.82) is 0 Å². The minimum absolute atomic E-state index is 0.811. The number of nitrogens with one attached hydrogen (secondary N) is 1. The maximum absolute atomic E-state index is 6.63. The van der Waals surface area contributed by atoms with E-state index in [1.807, 2.05) is 0 Å². The number of nitrogens with zero attached hydrogens (tertiary/aromatic N) is 1. The van der Waals surface area contributed by atoms with Crippen LogP contribution in [0.3, 0.4) is 0 Å². The third kappa shape index (κ3) is 2.85. The number of hydrogen-bond acceptors (Lipinski definition) is 4. The lowest BCUT2D eigenvalue weighted by molar-refractivity contribution is 0.318. The molecule has 0 bridgehead atoms. The van der Waals surface area contributed by atoms with Gasteiger partial charge in [-0.05, 0) is 33.7 Å². The summed E-state index contributed by atoms with van der Waals surface area (Å²) < 4.78 is 15.5. The van der Waals surface area contributed by atoms with Gasteiger partial charge in [-0.3, -0.25) is 0 Å². The summed E-state index contributed by atoms with van der Waals surface area (Å²) in [6.45, 7) is 0.697. The first-order valence-electron chi connectivity index (χ1n) is 10.2. The van der Waals surface area contributed by atoms with Crippen molar-refractivity contribution in [3.8, 4) is 22.6 Å². The summed E-state index contributed by atoms with van der Waals surface area (Å²) >= 11 is 6.12. The Hall–Kier alpha value is -2.43. The molecule has 4 aromatic carbocycles. The number of hydrogen-bond donors (Lipinski definition) is 1. The van der Waals surface area contributed by atoms with E-state index in [0.717, 1.165) is 59.6 Å². The highest BCUT2D eigenvalue weighted by molar-refractivity contribution is 8.09. The third-order valence-electron chi connectivity index (χ3n) is 5.90. The van der Waals surface area contributed by atoms with E-state index in [-0.39, 0.29) is 0 Å². The molecule has 0 saturated carbocycles. The van der Waals surface area contributed by atoms with Gasteiger partial charge in [0.25, 0.3) is 0 Å². The van der Waals surface area contributed by atoms with Crippen molar-refractivity contribution in [3.05, 3.63) is 72.8 Å². The summed E-state index contributed by atoms with van der Waals surface area (Å²) in [5.41, 5.74) is 2.14. The number of fused-ring (bicyclic) bond motifs is 7. The van der Waals surface area contributed by atoms with E-state index in [9.17, 15) is 0 Å². The van der Waals surface area contributed by atoms with Crippen LogP contribution in [0.15, 0.2) is 72.8 Å². The molecule has 1 fully saturated rings. The molecule has 150 valence electrons. The van der Waals surface area contributed by atoms with Gasteiger partial charge in [-0.15, -0.1) is 0 Å². The van der Waals surface area contributed by atoms with Crippen LogP contribution in [0, 0.1) is 0 Å². The molecule has 1 saturated heterocycles. The summed E-state index contributed by atoms with van der Waals surface area (Å²) in [7, 11) is 0. The summed E-state index contributed by atoms with van der Waals surface area (Å²) in [6, 6.07) is 25.2. The molecule has 0 unspecified atom stereocenters. The predicted molar refractivity (Wildman–Crippen MR) is 127 cm³/mol. The Labute approximate surface area is 180 Å². The molecular formula is C24H21N2O2PS. The summed E-state index contributed by atoms with van der Waals surface area (Å²) in [6.07, 6.45) is 0. The molecule has 0 atom stereocenters. The van der Waals surface area contributed by atoms with Crippen LogP contribution in [0.25, 0.3) is 32.7 Å². The van der Waals surface area contributed by atoms with Crippen LogP contribution in [0.4, 0.5) is 0 Å². The summed E-state index contributed by atoms with van der Waals surface area (Å²) in [5, 5.41) is 8.05. The molecule has 6 rings (SSSR count). The van der Waals surface area contributed by atoms with E-state index >= 15 is 0 Å². The van der Waals surface area contributed by atoms with Crippen LogP contribution in [-0.2, 0) is 11.8 Å². The lowest BCUT2D eigenvalue weighted by Gasteiger charge is -2.35. The fourth-order valence-electron chi connectivity index (χ4n) is 4.45. The Bertz CT molecular complexity index is 1240. The largest absolute Gasteiger partial charge is 0.424 e. The highest BCUT2D eigenvalue weighted by atomic mass is 32.5. The fourth-order valence-corrected chi connectivity index (χ4v) is 7.18. The molecule has 2 aliphatic rings. The van der Waals surface area contributed by atoms with E-state index in [1.54, 1.807) is 0 Å². The van der Waals surface area contributed by atoms with Gasteiger partial charge in [-0.2, -0.15) is 0 Å². The Balaban J connectivity index is 1.69. The van der Waals surface area contributed by atoms with Gasteiger partial charge < -0.3 is 14.4 Å². The number of benzene rings is 4. The van der Waals surface area contributed by atoms with Gasteiger partial charge in [0.1, 0.15) is 11.5 Å². The number of piperazine rings is 1. The topological polar surface area (TPSA) is 33.7 Å². The van der Waals surface area contributed by atoms with Crippen LogP contribution in [0.5, 0.6) is 11.5 Å². The van der Waals surface area contributed by atoms with Gasteiger partial charge in [-0.1, -0.05) is 60.7 Å². The van der Waals surface area contributed by atoms with Gasteiger partial charge in [0.05, 0.1) is 0 Å². The van der Waals surface area contributed by atoms with Crippen molar-refractivity contribution in [3.63, 3.8) is 0 Å². The molecule has 2 aliphatic heterocycles. The van der Waals surface area contributed by atoms with Crippen LogP contribution in [0.1, 0.15) is 0 Å². The minimum atomic E-state index is -2.73. The SMILES string of the molecule is S=P1(N2CCNCC2)Oc2ccc3ccccc3c2-c2c(ccc3ccccc23)O1. The highest BCUT2D eigenvalue weighted by Gasteiger charge is 2.37. The second kappa shape index (κ2) is 7.07. The maximum Gasteiger partial charge on any atom is 0.368 e. The fraction of sp³-hybridized carbons (Fsp3) is 0.167. The van der Waals surface area contributed by atoms with Crippen molar-refractivity contribution >= 4 is 40.0 Å². The van der Waals surface area contributed by atoms with Crippen LogP contribution < -0.4 is 14.4 Å². The monoisotopic (exact) mass is 432 g/mol. The van der Waals surface area contributed by atoms with Crippen molar-refractivity contribution in [2.24, 2.45) is 0 Å². The first-order chi connectivity index (χ1) is 14.7. The molecule has 0 spiro atoms. The van der Waals surface area contributed by atoms with Crippen molar-refractivity contribution < 1.29 is 9.05 Å². The lowest BCUT2D eigenvalue weighted by atomic mass is 9.92. The Kier molecular flexibility index (Phi) is 4.32. The first kappa shape index (κ1) is 18.3. The van der Waals surface area contributed by atoms with E-state index in [0.29, 0.717) is 0 Å². The molecule has 0 aromatic heterocycles. The third-order valence-corrected chi connectivity index (χ3v) is 8.99. The smallest absolute Gasteiger partial charge is 0.368 e. The zero-order valence-corrected chi connectivity index (χ0v) is 18.1. The zero-order valence-electron chi connectivity index (χ0n) is 16.4. The van der Waals surface area contributed by atoms with Crippen molar-refractivity contribution in [2.45, 2.75) is 0 Å². The Morgan fingerprint density at radius 1 is 0.700 bits per heavy atom. The first-order valence-corrected chi connectivity index (χ1v) is 12.8. The van der Waals surface area contributed by atoms with Gasteiger partial charge >= 0.3 is 6.64 Å². The van der Waals surface area contributed by atoms with E-state index in [2.05, 4.69) is 82.8 Å². The zero-order chi connectivity index (χ0) is 20.1. The van der Waals surface area contributed by atoms with E-state index in [4.69, 9.17) is 20.9 Å². The molecule has 2 heterocycles. The molecule has 6 heteroatoms. The molecule has 4 nitrogen and oxygen atoms in total. The molecule has 0 radical (unpaired) electrons. The second-order valence-electron chi connectivity index (χ2n) is 7.67. The van der Waals surface area contributed by atoms with Crippen LogP contribution >= 0.6 is 6.64 Å². The molecule has 4 aromatic rings. The summed E-state index contributed by atoms with van der Waals surface area (Å²) in [4.78, 5) is 0. The predicted octanol–water partition coefficient (Wildman–Crippen LogP) is 5.56. The normalized spacial score (nSPS) is 18.1. The van der Waals surface area contributed by atoms with Gasteiger partial charge in [0, 0.05) is 49.1 Å². The van der Waals surface area contributed by atoms with E-state index < -0.39 is 6.64 Å². The average Bonchev–Trinajstić information content (AvgIpc) is 2.94. The standard InChI is InChI=1S/C24H21N2O2PS/c30-29(26-15-13-25-14-16-26)27-21-11-9-17-5-1-3-7-19(17)23(21)24-20-8-4-2-6-18(20)10-12-22(24)28-29/h1-12,25H,13-16H2. The second-order valence-corrected chi connectivity index (χ2v) is 10.9. The molecule has 0 aliphatic carbocycles. The maximum atomic E-state index is 6.63. The van der Waals surface area contributed by atoms with Gasteiger partial charge in [0.15, 0.2) is 0 Å².